The Morgan fingerprint density at radius 2 is 1.97 bits per heavy atom. The standard InChI is InChI=1S/C21H26N6O.HI/c1-16-23-12-13-27(16)20-9-8-17(14-25-20)15-26-21(22-2)24-11-10-18-6-4-5-7-19(18)28-3;/h4-9,12-14H,10-11,15H2,1-3H3,(H2,22,24,26);1H. The molecule has 154 valence electrons. The second-order valence-corrected chi connectivity index (χ2v) is 6.28. The van der Waals surface area contributed by atoms with Crippen molar-refractivity contribution in [2.24, 2.45) is 4.99 Å². The molecule has 0 atom stereocenters. The summed E-state index contributed by atoms with van der Waals surface area (Å²) in [5, 5.41) is 6.65. The van der Waals surface area contributed by atoms with Crippen LogP contribution in [0.4, 0.5) is 0 Å². The van der Waals surface area contributed by atoms with Crippen LogP contribution < -0.4 is 15.4 Å². The second kappa shape index (κ2) is 11.4. The molecule has 0 radical (unpaired) electrons. The molecule has 0 aliphatic carbocycles. The Morgan fingerprint density at radius 1 is 1.14 bits per heavy atom. The number of aromatic nitrogens is 3. The lowest BCUT2D eigenvalue weighted by Crippen LogP contribution is -2.37. The molecule has 0 saturated heterocycles. The summed E-state index contributed by atoms with van der Waals surface area (Å²) in [4.78, 5) is 13.0. The van der Waals surface area contributed by atoms with Crippen molar-refractivity contribution in [3.63, 3.8) is 0 Å². The first-order chi connectivity index (χ1) is 13.7. The molecule has 2 aromatic heterocycles. The number of aliphatic imine (C=N–C) groups is 1. The maximum absolute atomic E-state index is 5.39. The number of imidazole rings is 1. The summed E-state index contributed by atoms with van der Waals surface area (Å²) in [6, 6.07) is 12.1. The third-order valence-corrected chi connectivity index (χ3v) is 4.44. The Morgan fingerprint density at radius 3 is 2.62 bits per heavy atom. The van der Waals surface area contributed by atoms with Crippen molar-refractivity contribution in [3.8, 4) is 11.6 Å². The highest BCUT2D eigenvalue weighted by Gasteiger charge is 2.04. The van der Waals surface area contributed by atoms with Gasteiger partial charge in [0.2, 0.25) is 0 Å². The molecule has 0 saturated carbocycles. The quantitative estimate of drug-likeness (QED) is 0.293. The summed E-state index contributed by atoms with van der Waals surface area (Å²) < 4.78 is 7.35. The molecule has 0 aliphatic rings. The highest BCUT2D eigenvalue weighted by atomic mass is 127. The third-order valence-electron chi connectivity index (χ3n) is 4.44. The van der Waals surface area contributed by atoms with Gasteiger partial charge in [0.15, 0.2) is 5.96 Å². The van der Waals surface area contributed by atoms with E-state index in [-0.39, 0.29) is 24.0 Å². The molecular formula is C21H27IN6O. The Labute approximate surface area is 188 Å². The molecular weight excluding hydrogens is 479 g/mol. The zero-order valence-electron chi connectivity index (χ0n) is 16.9. The van der Waals surface area contributed by atoms with Crippen molar-refractivity contribution in [1.29, 1.82) is 0 Å². The SMILES string of the molecule is CN=C(NCCc1ccccc1OC)NCc1ccc(-n2ccnc2C)nc1.I. The van der Waals surface area contributed by atoms with Gasteiger partial charge in [0.05, 0.1) is 7.11 Å². The van der Waals surface area contributed by atoms with Gasteiger partial charge in [-0.25, -0.2) is 9.97 Å². The van der Waals surface area contributed by atoms with Crippen LogP contribution in [-0.2, 0) is 13.0 Å². The number of ether oxygens (including phenoxy) is 1. The highest BCUT2D eigenvalue weighted by Crippen LogP contribution is 2.17. The molecule has 0 amide bonds. The lowest BCUT2D eigenvalue weighted by atomic mass is 10.1. The van der Waals surface area contributed by atoms with E-state index >= 15 is 0 Å². The van der Waals surface area contributed by atoms with Crippen molar-refractivity contribution in [1.82, 2.24) is 25.2 Å². The van der Waals surface area contributed by atoms with Gasteiger partial charge in [-0.15, -0.1) is 24.0 Å². The molecule has 29 heavy (non-hydrogen) atoms. The number of nitrogens with zero attached hydrogens (tertiary/aromatic N) is 4. The fourth-order valence-corrected chi connectivity index (χ4v) is 2.92. The van der Waals surface area contributed by atoms with Gasteiger partial charge in [0.25, 0.3) is 0 Å². The van der Waals surface area contributed by atoms with E-state index in [0.717, 1.165) is 41.9 Å². The van der Waals surface area contributed by atoms with Crippen molar-refractivity contribution < 1.29 is 4.74 Å². The molecule has 1 aromatic carbocycles. The van der Waals surface area contributed by atoms with Crippen LogP contribution in [-0.4, -0.2) is 41.2 Å². The Hall–Kier alpha value is -2.62. The number of halogens is 1. The summed E-state index contributed by atoms with van der Waals surface area (Å²) in [5.74, 6) is 3.44. The van der Waals surface area contributed by atoms with E-state index in [1.807, 2.05) is 48.1 Å². The average Bonchev–Trinajstić information content (AvgIpc) is 3.17. The number of nitrogens with one attached hydrogen (secondary N) is 2. The van der Waals surface area contributed by atoms with Crippen molar-refractivity contribution in [2.75, 3.05) is 20.7 Å². The molecule has 0 unspecified atom stereocenters. The maximum Gasteiger partial charge on any atom is 0.191 e. The third kappa shape index (κ3) is 6.18. The molecule has 3 aromatic rings. The highest BCUT2D eigenvalue weighted by molar-refractivity contribution is 14.0. The van der Waals surface area contributed by atoms with Crippen molar-refractivity contribution in [3.05, 3.63) is 71.9 Å². The molecule has 2 N–H and O–H groups in total. The van der Waals surface area contributed by atoms with Gasteiger partial charge in [-0.05, 0) is 36.6 Å². The zero-order chi connectivity index (χ0) is 19.8. The molecule has 0 spiro atoms. The van der Waals surface area contributed by atoms with E-state index in [9.17, 15) is 0 Å². The summed E-state index contributed by atoms with van der Waals surface area (Å²) >= 11 is 0. The van der Waals surface area contributed by atoms with Crippen molar-refractivity contribution in [2.45, 2.75) is 19.9 Å². The number of guanidine groups is 1. The number of rotatable bonds is 7. The van der Waals surface area contributed by atoms with E-state index in [4.69, 9.17) is 4.74 Å². The van der Waals surface area contributed by atoms with Gasteiger partial charge in [0, 0.05) is 38.7 Å². The minimum atomic E-state index is 0. The molecule has 0 bridgehead atoms. The van der Waals surface area contributed by atoms with Crippen LogP contribution in [0.1, 0.15) is 17.0 Å². The van der Waals surface area contributed by atoms with Gasteiger partial charge in [-0.2, -0.15) is 0 Å². The molecule has 2 heterocycles. The number of pyridine rings is 1. The second-order valence-electron chi connectivity index (χ2n) is 6.28. The lowest BCUT2D eigenvalue weighted by molar-refractivity contribution is 0.409. The fourth-order valence-electron chi connectivity index (χ4n) is 2.92. The van der Waals surface area contributed by atoms with Crippen LogP contribution in [0, 0.1) is 6.92 Å². The minimum Gasteiger partial charge on any atom is -0.496 e. The van der Waals surface area contributed by atoms with Crippen LogP contribution in [0.3, 0.4) is 0 Å². The van der Waals surface area contributed by atoms with Crippen LogP contribution in [0.15, 0.2) is 60.0 Å². The van der Waals surface area contributed by atoms with Crippen LogP contribution in [0.5, 0.6) is 5.75 Å². The van der Waals surface area contributed by atoms with Gasteiger partial charge in [0.1, 0.15) is 17.4 Å². The maximum atomic E-state index is 5.39. The summed E-state index contributed by atoms with van der Waals surface area (Å²) in [6.07, 6.45) is 6.39. The van der Waals surface area contributed by atoms with Crippen molar-refractivity contribution >= 4 is 29.9 Å². The first-order valence-electron chi connectivity index (χ1n) is 9.23. The molecule has 0 aliphatic heterocycles. The molecule has 8 heteroatoms. The molecule has 7 nitrogen and oxygen atoms in total. The Kier molecular flexibility index (Phi) is 8.91. The van der Waals surface area contributed by atoms with E-state index in [2.05, 4.69) is 37.7 Å². The van der Waals surface area contributed by atoms with Gasteiger partial charge in [-0.3, -0.25) is 9.56 Å². The zero-order valence-corrected chi connectivity index (χ0v) is 19.3. The smallest absolute Gasteiger partial charge is 0.191 e. The number of hydrogen-bond acceptors (Lipinski definition) is 4. The summed E-state index contributed by atoms with van der Waals surface area (Å²) in [7, 11) is 3.46. The number of aryl methyl sites for hydroxylation is 1. The first-order valence-corrected chi connectivity index (χ1v) is 9.23. The summed E-state index contributed by atoms with van der Waals surface area (Å²) in [6.45, 7) is 3.36. The number of hydrogen-bond donors (Lipinski definition) is 2. The molecule has 0 fully saturated rings. The number of benzene rings is 1. The fraction of sp³-hybridized carbons (Fsp3) is 0.286. The van der Waals surface area contributed by atoms with E-state index in [1.165, 1.54) is 5.56 Å². The summed E-state index contributed by atoms with van der Waals surface area (Å²) in [5.41, 5.74) is 2.25. The number of para-hydroxylation sites is 1. The predicted octanol–water partition coefficient (Wildman–Crippen LogP) is 3.11. The van der Waals surface area contributed by atoms with Gasteiger partial charge in [-0.1, -0.05) is 24.3 Å². The molecule has 3 rings (SSSR count). The normalized spacial score (nSPS) is 10.9. The van der Waals surface area contributed by atoms with E-state index < -0.39 is 0 Å². The lowest BCUT2D eigenvalue weighted by Gasteiger charge is -2.13. The predicted molar refractivity (Wildman–Crippen MR) is 126 cm³/mol. The van der Waals surface area contributed by atoms with Crippen LogP contribution in [0.25, 0.3) is 5.82 Å². The van der Waals surface area contributed by atoms with Crippen LogP contribution in [0.2, 0.25) is 0 Å². The minimum absolute atomic E-state index is 0. The van der Waals surface area contributed by atoms with Gasteiger partial charge >= 0.3 is 0 Å². The van der Waals surface area contributed by atoms with E-state index in [1.54, 1.807) is 20.4 Å². The topological polar surface area (TPSA) is 76.4 Å². The Bertz CT molecular complexity index is 923. The monoisotopic (exact) mass is 506 g/mol. The largest absolute Gasteiger partial charge is 0.496 e. The number of methoxy groups -OCH3 is 1. The van der Waals surface area contributed by atoms with Gasteiger partial charge < -0.3 is 15.4 Å². The first kappa shape index (κ1) is 22.7. The average molecular weight is 506 g/mol. The Balaban J connectivity index is 0.00000300. The van der Waals surface area contributed by atoms with E-state index in [0.29, 0.717) is 6.54 Å². The van der Waals surface area contributed by atoms with Crippen LogP contribution >= 0.6 is 24.0 Å².